The van der Waals surface area contributed by atoms with Gasteiger partial charge in [-0.2, -0.15) is 0 Å². The van der Waals surface area contributed by atoms with E-state index in [2.05, 4.69) is 24.5 Å². The van der Waals surface area contributed by atoms with Crippen molar-refractivity contribution in [3.8, 4) is 0 Å². The zero-order valence-corrected chi connectivity index (χ0v) is 11.1. The summed E-state index contributed by atoms with van der Waals surface area (Å²) >= 11 is 0. The SMILES string of the molecule is CCC(CC)(CO)CNC(=O)CC1CCCN1. The molecule has 1 saturated heterocycles. The lowest BCUT2D eigenvalue weighted by molar-refractivity contribution is -0.122. The molecular weight excluding hydrogens is 216 g/mol. The maximum atomic E-state index is 11.8. The number of aliphatic hydroxyl groups is 1. The van der Waals surface area contributed by atoms with Crippen molar-refractivity contribution in [1.29, 1.82) is 0 Å². The molecule has 3 N–H and O–H groups in total. The summed E-state index contributed by atoms with van der Waals surface area (Å²) in [5, 5.41) is 15.7. The molecule has 0 spiro atoms. The van der Waals surface area contributed by atoms with E-state index in [4.69, 9.17) is 0 Å². The quantitative estimate of drug-likeness (QED) is 0.625. The van der Waals surface area contributed by atoms with Gasteiger partial charge >= 0.3 is 0 Å². The van der Waals surface area contributed by atoms with Crippen LogP contribution in [0.4, 0.5) is 0 Å². The molecule has 1 heterocycles. The number of aliphatic hydroxyl groups excluding tert-OH is 1. The minimum atomic E-state index is -0.140. The van der Waals surface area contributed by atoms with Crippen LogP contribution < -0.4 is 10.6 Å². The van der Waals surface area contributed by atoms with E-state index in [1.54, 1.807) is 0 Å². The van der Waals surface area contributed by atoms with Gasteiger partial charge in [-0.3, -0.25) is 4.79 Å². The van der Waals surface area contributed by atoms with Gasteiger partial charge in [0.25, 0.3) is 0 Å². The van der Waals surface area contributed by atoms with Crippen molar-refractivity contribution in [2.24, 2.45) is 5.41 Å². The molecule has 1 fully saturated rings. The minimum absolute atomic E-state index is 0.101. The summed E-state index contributed by atoms with van der Waals surface area (Å²) < 4.78 is 0. The van der Waals surface area contributed by atoms with Crippen molar-refractivity contribution in [3.63, 3.8) is 0 Å². The lowest BCUT2D eigenvalue weighted by atomic mass is 9.83. The first-order valence-electron chi connectivity index (χ1n) is 6.76. The van der Waals surface area contributed by atoms with E-state index in [9.17, 15) is 9.90 Å². The van der Waals surface area contributed by atoms with Crippen LogP contribution in [0.1, 0.15) is 46.0 Å². The van der Waals surface area contributed by atoms with Gasteiger partial charge in [0.1, 0.15) is 0 Å². The molecule has 1 rings (SSSR count). The van der Waals surface area contributed by atoms with Crippen molar-refractivity contribution in [2.45, 2.75) is 52.0 Å². The standard InChI is InChI=1S/C13H26N2O2/c1-3-13(4-2,10-16)9-15-12(17)8-11-6-5-7-14-11/h11,14,16H,3-10H2,1-2H3,(H,15,17). The second-order valence-electron chi connectivity index (χ2n) is 5.14. The van der Waals surface area contributed by atoms with Crippen LogP contribution in [0, 0.1) is 5.41 Å². The largest absolute Gasteiger partial charge is 0.396 e. The van der Waals surface area contributed by atoms with Gasteiger partial charge in [0.2, 0.25) is 5.91 Å². The van der Waals surface area contributed by atoms with Crippen LogP contribution in [0.2, 0.25) is 0 Å². The van der Waals surface area contributed by atoms with Crippen molar-refractivity contribution in [1.82, 2.24) is 10.6 Å². The summed E-state index contributed by atoms with van der Waals surface area (Å²) in [6.45, 7) is 5.88. The van der Waals surface area contributed by atoms with Gasteiger partial charge in [0, 0.05) is 24.4 Å². The van der Waals surface area contributed by atoms with Crippen LogP contribution in [0.5, 0.6) is 0 Å². The number of carbonyl (C=O) groups excluding carboxylic acids is 1. The summed E-state index contributed by atoms with van der Waals surface area (Å²) in [6.07, 6.45) is 4.61. The van der Waals surface area contributed by atoms with Gasteiger partial charge in [-0.25, -0.2) is 0 Å². The van der Waals surface area contributed by atoms with Crippen LogP contribution in [-0.2, 0) is 4.79 Å². The molecule has 1 atom stereocenters. The Kier molecular flexibility index (Phi) is 5.92. The lowest BCUT2D eigenvalue weighted by Crippen LogP contribution is -2.41. The maximum Gasteiger partial charge on any atom is 0.221 e. The van der Waals surface area contributed by atoms with Gasteiger partial charge in [-0.15, -0.1) is 0 Å². The molecule has 1 unspecified atom stereocenters. The second-order valence-corrected chi connectivity index (χ2v) is 5.14. The molecule has 1 aliphatic heterocycles. The van der Waals surface area contributed by atoms with Gasteiger partial charge in [-0.05, 0) is 32.2 Å². The molecule has 100 valence electrons. The summed E-state index contributed by atoms with van der Waals surface area (Å²) in [5.41, 5.74) is -0.140. The maximum absolute atomic E-state index is 11.8. The topological polar surface area (TPSA) is 61.4 Å². The summed E-state index contributed by atoms with van der Waals surface area (Å²) in [5.74, 6) is 0.101. The Morgan fingerprint density at radius 2 is 2.18 bits per heavy atom. The third-order valence-electron chi connectivity index (χ3n) is 4.09. The third-order valence-corrected chi connectivity index (χ3v) is 4.09. The molecule has 0 aromatic rings. The smallest absolute Gasteiger partial charge is 0.221 e. The highest BCUT2D eigenvalue weighted by atomic mass is 16.3. The Hall–Kier alpha value is -0.610. The normalized spacial score (nSPS) is 20.5. The van der Waals surface area contributed by atoms with Gasteiger partial charge in [0.15, 0.2) is 0 Å². The lowest BCUT2D eigenvalue weighted by Gasteiger charge is -2.29. The van der Waals surface area contributed by atoms with Crippen molar-refractivity contribution >= 4 is 5.91 Å². The molecule has 0 radical (unpaired) electrons. The Labute approximate surface area is 104 Å². The van der Waals surface area contributed by atoms with Gasteiger partial charge < -0.3 is 15.7 Å². The van der Waals surface area contributed by atoms with E-state index in [-0.39, 0.29) is 17.9 Å². The van der Waals surface area contributed by atoms with E-state index < -0.39 is 0 Å². The number of hydrogen-bond acceptors (Lipinski definition) is 3. The second kappa shape index (κ2) is 6.97. The van der Waals surface area contributed by atoms with Crippen LogP contribution >= 0.6 is 0 Å². The van der Waals surface area contributed by atoms with E-state index in [1.165, 1.54) is 6.42 Å². The molecule has 1 aliphatic rings. The fraction of sp³-hybridized carbons (Fsp3) is 0.923. The minimum Gasteiger partial charge on any atom is -0.396 e. The molecule has 17 heavy (non-hydrogen) atoms. The fourth-order valence-corrected chi connectivity index (χ4v) is 2.29. The van der Waals surface area contributed by atoms with Gasteiger partial charge in [0.05, 0.1) is 6.61 Å². The molecule has 0 aliphatic carbocycles. The molecular formula is C13H26N2O2. The van der Waals surface area contributed by atoms with E-state index in [0.29, 0.717) is 19.0 Å². The Morgan fingerprint density at radius 3 is 2.65 bits per heavy atom. The molecule has 0 bridgehead atoms. The highest BCUT2D eigenvalue weighted by molar-refractivity contribution is 5.76. The van der Waals surface area contributed by atoms with Crippen molar-refractivity contribution in [3.05, 3.63) is 0 Å². The number of nitrogens with one attached hydrogen (secondary N) is 2. The third kappa shape index (κ3) is 4.28. The van der Waals surface area contributed by atoms with Crippen LogP contribution in [0.15, 0.2) is 0 Å². The number of rotatable bonds is 7. The van der Waals surface area contributed by atoms with Crippen molar-refractivity contribution < 1.29 is 9.90 Å². The van der Waals surface area contributed by atoms with Crippen molar-refractivity contribution in [2.75, 3.05) is 19.7 Å². The first-order valence-corrected chi connectivity index (χ1v) is 6.76. The van der Waals surface area contributed by atoms with Gasteiger partial charge in [-0.1, -0.05) is 13.8 Å². The Morgan fingerprint density at radius 1 is 1.47 bits per heavy atom. The predicted molar refractivity (Wildman–Crippen MR) is 68.8 cm³/mol. The average molecular weight is 242 g/mol. The van der Waals surface area contributed by atoms with Crippen LogP contribution in [-0.4, -0.2) is 36.8 Å². The predicted octanol–water partition coefficient (Wildman–Crippen LogP) is 1.04. The molecule has 0 saturated carbocycles. The number of hydrogen-bond donors (Lipinski definition) is 3. The first kappa shape index (κ1) is 14.5. The highest BCUT2D eigenvalue weighted by Crippen LogP contribution is 2.24. The Bertz CT molecular complexity index is 225. The van der Waals surface area contributed by atoms with E-state index in [0.717, 1.165) is 25.8 Å². The molecule has 0 aromatic carbocycles. The summed E-state index contributed by atoms with van der Waals surface area (Å²) in [7, 11) is 0. The molecule has 0 aromatic heterocycles. The molecule has 4 heteroatoms. The van der Waals surface area contributed by atoms with Crippen LogP contribution in [0.25, 0.3) is 0 Å². The highest BCUT2D eigenvalue weighted by Gasteiger charge is 2.26. The summed E-state index contributed by atoms with van der Waals surface area (Å²) in [4.78, 5) is 11.8. The Balaban J connectivity index is 2.30. The number of amides is 1. The monoisotopic (exact) mass is 242 g/mol. The summed E-state index contributed by atoms with van der Waals surface area (Å²) in [6, 6.07) is 0.349. The van der Waals surface area contributed by atoms with Crippen LogP contribution in [0.3, 0.4) is 0 Å². The zero-order valence-electron chi connectivity index (χ0n) is 11.1. The molecule has 4 nitrogen and oxygen atoms in total. The van der Waals surface area contributed by atoms with E-state index >= 15 is 0 Å². The van der Waals surface area contributed by atoms with E-state index in [1.807, 2.05) is 0 Å². The zero-order chi connectivity index (χ0) is 12.7. The fourth-order valence-electron chi connectivity index (χ4n) is 2.29. The first-order chi connectivity index (χ1) is 8.15. The molecule has 1 amide bonds. The number of carbonyl (C=O) groups is 1. The average Bonchev–Trinajstić information content (AvgIpc) is 2.84.